The molecule has 1 atom stereocenters. The Labute approximate surface area is 198 Å². The van der Waals surface area contributed by atoms with E-state index >= 15 is 0 Å². The molecule has 6 nitrogen and oxygen atoms in total. The SMILES string of the molecule is COC(=O)c1ccc(CNCC[C@@H]2CCC(=O)N2CCc2nc(-c3ccccc3)cs2)cc1. The molecular formula is C26H29N3O3S. The van der Waals surface area contributed by atoms with E-state index in [0.29, 0.717) is 12.0 Å². The fraction of sp³-hybridized carbons (Fsp3) is 0.346. The third-order valence-corrected chi connectivity index (χ3v) is 6.91. The van der Waals surface area contributed by atoms with Crippen molar-refractivity contribution in [3.05, 3.63) is 76.1 Å². The average Bonchev–Trinajstić information content (AvgIpc) is 3.47. The number of carbonyl (C=O) groups excluding carboxylic acids is 2. The summed E-state index contributed by atoms with van der Waals surface area (Å²) in [5.74, 6) is -0.0761. The number of amides is 1. The zero-order valence-electron chi connectivity index (χ0n) is 18.8. The minimum Gasteiger partial charge on any atom is -0.465 e. The monoisotopic (exact) mass is 463 g/mol. The van der Waals surface area contributed by atoms with Crippen LogP contribution in [-0.4, -0.2) is 48.0 Å². The number of rotatable bonds is 10. The average molecular weight is 464 g/mol. The van der Waals surface area contributed by atoms with Gasteiger partial charge in [-0.1, -0.05) is 42.5 Å². The molecular weight excluding hydrogens is 434 g/mol. The highest BCUT2D eigenvalue weighted by Gasteiger charge is 2.30. The lowest BCUT2D eigenvalue weighted by molar-refractivity contribution is -0.129. The largest absolute Gasteiger partial charge is 0.465 e. The number of hydrogen-bond acceptors (Lipinski definition) is 6. The molecule has 1 aliphatic heterocycles. The Kier molecular flexibility index (Phi) is 7.86. The summed E-state index contributed by atoms with van der Waals surface area (Å²) in [6, 6.07) is 17.9. The Morgan fingerprint density at radius 1 is 1.18 bits per heavy atom. The first kappa shape index (κ1) is 23.1. The Hall–Kier alpha value is -3.03. The Morgan fingerprint density at radius 3 is 2.73 bits per heavy atom. The summed E-state index contributed by atoms with van der Waals surface area (Å²) >= 11 is 1.66. The van der Waals surface area contributed by atoms with Crippen LogP contribution >= 0.6 is 11.3 Å². The van der Waals surface area contributed by atoms with Gasteiger partial charge in [-0.15, -0.1) is 11.3 Å². The van der Waals surface area contributed by atoms with Crippen molar-refractivity contribution in [1.29, 1.82) is 0 Å². The molecule has 0 saturated carbocycles. The quantitative estimate of drug-likeness (QED) is 0.358. The van der Waals surface area contributed by atoms with Crippen LogP contribution in [-0.2, 0) is 22.5 Å². The van der Waals surface area contributed by atoms with Crippen molar-refractivity contribution in [2.24, 2.45) is 0 Å². The van der Waals surface area contributed by atoms with E-state index in [4.69, 9.17) is 9.72 Å². The predicted molar refractivity (Wildman–Crippen MR) is 130 cm³/mol. The molecule has 0 bridgehead atoms. The van der Waals surface area contributed by atoms with Crippen LogP contribution in [0.3, 0.4) is 0 Å². The second-order valence-corrected chi connectivity index (χ2v) is 9.12. The van der Waals surface area contributed by atoms with Gasteiger partial charge in [-0.05, 0) is 37.1 Å². The van der Waals surface area contributed by atoms with Crippen molar-refractivity contribution in [3.63, 3.8) is 0 Å². The number of thiazole rings is 1. The minimum atomic E-state index is -0.325. The number of nitrogens with one attached hydrogen (secondary N) is 1. The number of aromatic nitrogens is 1. The van der Waals surface area contributed by atoms with Crippen LogP contribution < -0.4 is 5.32 Å². The molecule has 0 spiro atoms. The Bertz CT molecular complexity index is 1070. The third kappa shape index (κ3) is 6.06. The minimum absolute atomic E-state index is 0.248. The molecule has 1 aliphatic rings. The zero-order chi connectivity index (χ0) is 23.0. The normalized spacial score (nSPS) is 15.7. The van der Waals surface area contributed by atoms with Crippen LogP contribution in [0.1, 0.15) is 40.2 Å². The third-order valence-electron chi connectivity index (χ3n) is 6.00. The van der Waals surface area contributed by atoms with Crippen LogP contribution in [0.25, 0.3) is 11.3 Å². The molecule has 2 heterocycles. The zero-order valence-corrected chi connectivity index (χ0v) is 19.6. The predicted octanol–water partition coefficient (Wildman–Crippen LogP) is 4.31. The second-order valence-electron chi connectivity index (χ2n) is 8.18. The molecule has 0 aliphatic carbocycles. The molecule has 1 fully saturated rings. The number of esters is 1. The van der Waals surface area contributed by atoms with E-state index in [2.05, 4.69) is 22.8 Å². The smallest absolute Gasteiger partial charge is 0.337 e. The molecule has 2 aromatic carbocycles. The van der Waals surface area contributed by atoms with E-state index in [1.54, 1.807) is 23.5 Å². The van der Waals surface area contributed by atoms with Crippen molar-refractivity contribution in [2.75, 3.05) is 20.2 Å². The number of hydrogen-bond donors (Lipinski definition) is 1. The van der Waals surface area contributed by atoms with Crippen LogP contribution in [0.15, 0.2) is 60.0 Å². The maximum Gasteiger partial charge on any atom is 0.337 e. The first-order valence-corrected chi connectivity index (χ1v) is 12.2. The van der Waals surface area contributed by atoms with Crippen molar-refractivity contribution in [2.45, 2.75) is 38.3 Å². The molecule has 0 unspecified atom stereocenters. The molecule has 3 aromatic rings. The van der Waals surface area contributed by atoms with Gasteiger partial charge in [0, 0.05) is 42.9 Å². The molecule has 7 heteroatoms. The van der Waals surface area contributed by atoms with E-state index < -0.39 is 0 Å². The summed E-state index contributed by atoms with van der Waals surface area (Å²) in [7, 11) is 1.38. The topological polar surface area (TPSA) is 71.5 Å². The molecule has 172 valence electrons. The Balaban J connectivity index is 1.23. The van der Waals surface area contributed by atoms with Crippen LogP contribution in [0.5, 0.6) is 0 Å². The van der Waals surface area contributed by atoms with Crippen molar-refractivity contribution < 1.29 is 14.3 Å². The van der Waals surface area contributed by atoms with E-state index in [1.807, 2.05) is 35.2 Å². The summed E-state index contributed by atoms with van der Waals surface area (Å²) in [6.45, 7) is 2.28. The second kappa shape index (κ2) is 11.2. The van der Waals surface area contributed by atoms with Crippen molar-refractivity contribution in [1.82, 2.24) is 15.2 Å². The van der Waals surface area contributed by atoms with Gasteiger partial charge in [-0.2, -0.15) is 0 Å². The highest BCUT2D eigenvalue weighted by Crippen LogP contribution is 2.24. The van der Waals surface area contributed by atoms with E-state index in [-0.39, 0.29) is 17.9 Å². The summed E-state index contributed by atoms with van der Waals surface area (Å²) in [5.41, 5.74) is 3.79. The van der Waals surface area contributed by atoms with E-state index in [1.165, 1.54) is 7.11 Å². The van der Waals surface area contributed by atoms with Crippen LogP contribution in [0.4, 0.5) is 0 Å². The molecule has 1 aromatic heterocycles. The first-order chi connectivity index (χ1) is 16.1. The van der Waals surface area contributed by atoms with Gasteiger partial charge in [-0.3, -0.25) is 4.79 Å². The lowest BCUT2D eigenvalue weighted by Crippen LogP contribution is -2.36. The van der Waals surface area contributed by atoms with Gasteiger partial charge >= 0.3 is 5.97 Å². The molecule has 33 heavy (non-hydrogen) atoms. The number of likely N-dealkylation sites (tertiary alicyclic amines) is 1. The molecule has 1 amide bonds. The van der Waals surface area contributed by atoms with Gasteiger partial charge in [0.15, 0.2) is 0 Å². The molecule has 1 saturated heterocycles. The number of nitrogens with zero attached hydrogens (tertiary/aromatic N) is 2. The number of carbonyl (C=O) groups is 2. The van der Waals surface area contributed by atoms with Gasteiger partial charge in [0.25, 0.3) is 0 Å². The molecule has 1 N–H and O–H groups in total. The lowest BCUT2D eigenvalue weighted by Gasteiger charge is -2.24. The lowest BCUT2D eigenvalue weighted by atomic mass is 10.1. The van der Waals surface area contributed by atoms with E-state index in [9.17, 15) is 9.59 Å². The summed E-state index contributed by atoms with van der Waals surface area (Å²) < 4.78 is 4.73. The highest BCUT2D eigenvalue weighted by molar-refractivity contribution is 7.09. The maximum atomic E-state index is 12.4. The van der Waals surface area contributed by atoms with Crippen molar-refractivity contribution in [3.8, 4) is 11.3 Å². The standard InChI is InChI=1S/C26H29N3O3S/c1-32-26(31)21-9-7-19(8-10-21)17-27-15-13-22-11-12-25(30)29(22)16-14-24-28-23(18-33-24)20-5-3-2-4-6-20/h2-10,18,22,27H,11-17H2,1H3/t22-/m0/s1. The fourth-order valence-electron chi connectivity index (χ4n) is 4.16. The number of ether oxygens (including phenoxy) is 1. The van der Waals surface area contributed by atoms with Gasteiger partial charge in [0.05, 0.1) is 23.4 Å². The number of methoxy groups -OCH3 is 1. The first-order valence-electron chi connectivity index (χ1n) is 11.3. The Morgan fingerprint density at radius 2 is 1.97 bits per heavy atom. The highest BCUT2D eigenvalue weighted by atomic mass is 32.1. The summed E-state index contributed by atoms with van der Waals surface area (Å²) in [4.78, 5) is 30.8. The summed E-state index contributed by atoms with van der Waals surface area (Å²) in [5, 5.41) is 6.62. The van der Waals surface area contributed by atoms with Crippen molar-refractivity contribution >= 4 is 23.2 Å². The number of benzene rings is 2. The van der Waals surface area contributed by atoms with Gasteiger partial charge in [0.2, 0.25) is 5.91 Å². The van der Waals surface area contributed by atoms with Gasteiger partial charge in [-0.25, -0.2) is 9.78 Å². The van der Waals surface area contributed by atoms with Crippen LogP contribution in [0, 0.1) is 0 Å². The summed E-state index contributed by atoms with van der Waals surface area (Å²) in [6.07, 6.45) is 3.27. The molecule has 0 radical (unpaired) electrons. The van der Waals surface area contributed by atoms with E-state index in [0.717, 1.165) is 60.7 Å². The van der Waals surface area contributed by atoms with Gasteiger partial charge < -0.3 is 15.0 Å². The van der Waals surface area contributed by atoms with Crippen LogP contribution in [0.2, 0.25) is 0 Å². The fourth-order valence-corrected chi connectivity index (χ4v) is 4.96. The maximum absolute atomic E-state index is 12.4. The molecule has 4 rings (SSSR count). The van der Waals surface area contributed by atoms with Gasteiger partial charge in [0.1, 0.15) is 0 Å².